The third kappa shape index (κ3) is 5.21. The molecular formula is C19H22INO3. The lowest BCUT2D eigenvalue weighted by Crippen LogP contribution is -2.35. The van der Waals surface area contributed by atoms with Gasteiger partial charge in [-0.05, 0) is 45.7 Å². The van der Waals surface area contributed by atoms with Gasteiger partial charge in [0.05, 0.1) is 0 Å². The van der Waals surface area contributed by atoms with Gasteiger partial charge in [0.1, 0.15) is 12.2 Å². The second-order valence-electron chi connectivity index (χ2n) is 5.92. The van der Waals surface area contributed by atoms with Gasteiger partial charge < -0.3 is 15.2 Å². The lowest BCUT2D eigenvalue weighted by atomic mass is 9.96. The highest BCUT2D eigenvalue weighted by Gasteiger charge is 2.29. The number of hydrogen-bond acceptors (Lipinski definition) is 3. The summed E-state index contributed by atoms with van der Waals surface area (Å²) < 4.78 is 6.45. The van der Waals surface area contributed by atoms with Crippen LogP contribution in [0.15, 0.2) is 54.6 Å². The maximum Gasteiger partial charge on any atom is 0.407 e. The highest BCUT2D eigenvalue weighted by molar-refractivity contribution is 14.1. The van der Waals surface area contributed by atoms with E-state index in [-0.39, 0.29) is 5.92 Å². The molecule has 0 aliphatic rings. The van der Waals surface area contributed by atoms with E-state index in [1.54, 1.807) is 0 Å². The highest BCUT2D eigenvalue weighted by atomic mass is 127. The molecule has 0 unspecified atom stereocenters. The van der Waals surface area contributed by atoms with Crippen molar-refractivity contribution in [3.05, 3.63) is 69.3 Å². The number of carbonyl (C=O) groups is 1. The molecule has 2 rings (SSSR count). The molecule has 24 heavy (non-hydrogen) atoms. The normalized spacial score (nSPS) is 13.4. The van der Waals surface area contributed by atoms with E-state index in [0.717, 1.165) is 14.7 Å². The Hall–Kier alpha value is -1.60. The summed E-state index contributed by atoms with van der Waals surface area (Å²) >= 11 is 2.17. The monoisotopic (exact) mass is 439 g/mol. The van der Waals surface area contributed by atoms with Gasteiger partial charge in [-0.3, -0.25) is 0 Å². The van der Waals surface area contributed by atoms with E-state index in [1.807, 2.05) is 68.4 Å². The van der Waals surface area contributed by atoms with E-state index in [0.29, 0.717) is 6.54 Å². The van der Waals surface area contributed by atoms with Crippen LogP contribution in [0.1, 0.15) is 31.1 Å². The fourth-order valence-electron chi connectivity index (χ4n) is 2.39. The average molecular weight is 439 g/mol. The third-order valence-corrected chi connectivity index (χ3v) is 4.70. The summed E-state index contributed by atoms with van der Waals surface area (Å²) in [5, 5.41) is 13.4. The number of alkyl carbamates (subject to hydrolysis) is 1. The number of ether oxygens (including phenoxy) is 1. The molecule has 2 atom stereocenters. The smallest absolute Gasteiger partial charge is 0.407 e. The third-order valence-electron chi connectivity index (χ3n) is 3.71. The molecule has 2 N–H and O–H groups in total. The number of halogens is 1. The summed E-state index contributed by atoms with van der Waals surface area (Å²) in [6.45, 7) is 4.24. The summed E-state index contributed by atoms with van der Waals surface area (Å²) in [5.74, 6) is -0.0153. The SMILES string of the molecule is CC(C)[C@H](OC(=O)NCc1ccccc1)[C@@H](O)c1ccccc1I. The topological polar surface area (TPSA) is 58.6 Å². The minimum atomic E-state index is -0.861. The number of aliphatic hydroxyl groups excluding tert-OH is 1. The largest absolute Gasteiger partial charge is 0.443 e. The maximum atomic E-state index is 12.1. The van der Waals surface area contributed by atoms with Crippen molar-refractivity contribution < 1.29 is 14.6 Å². The van der Waals surface area contributed by atoms with Gasteiger partial charge in [0.25, 0.3) is 0 Å². The number of benzene rings is 2. The maximum absolute atomic E-state index is 12.1. The van der Waals surface area contributed by atoms with Crippen molar-refractivity contribution in [1.82, 2.24) is 5.32 Å². The molecule has 0 fully saturated rings. The Labute approximate surface area is 156 Å². The molecule has 0 spiro atoms. The molecule has 2 aromatic carbocycles. The van der Waals surface area contributed by atoms with Crippen molar-refractivity contribution in [2.45, 2.75) is 32.6 Å². The standard InChI is InChI=1S/C19H22INO3/c1-13(2)18(17(22)15-10-6-7-11-16(15)20)24-19(23)21-12-14-8-4-3-5-9-14/h3-11,13,17-18,22H,12H2,1-2H3,(H,21,23)/t17-,18-/m0/s1. The molecular weight excluding hydrogens is 417 g/mol. The quantitative estimate of drug-likeness (QED) is 0.661. The van der Waals surface area contributed by atoms with Gasteiger partial charge in [-0.25, -0.2) is 4.79 Å². The predicted octanol–water partition coefficient (Wildman–Crippen LogP) is 4.28. The molecule has 0 radical (unpaired) electrons. The van der Waals surface area contributed by atoms with Crippen molar-refractivity contribution >= 4 is 28.7 Å². The first kappa shape index (κ1) is 18.7. The van der Waals surface area contributed by atoms with Crippen LogP contribution >= 0.6 is 22.6 Å². The number of nitrogens with one attached hydrogen (secondary N) is 1. The van der Waals surface area contributed by atoms with E-state index < -0.39 is 18.3 Å². The molecule has 0 aliphatic heterocycles. The molecule has 0 heterocycles. The molecule has 0 aliphatic carbocycles. The molecule has 0 bridgehead atoms. The first-order valence-corrected chi connectivity index (χ1v) is 8.98. The van der Waals surface area contributed by atoms with Crippen LogP contribution in [-0.2, 0) is 11.3 Å². The van der Waals surface area contributed by atoms with E-state index in [2.05, 4.69) is 27.9 Å². The Morgan fingerprint density at radius 2 is 1.75 bits per heavy atom. The predicted molar refractivity (Wildman–Crippen MR) is 103 cm³/mol. The Morgan fingerprint density at radius 1 is 1.12 bits per heavy atom. The van der Waals surface area contributed by atoms with Gasteiger partial charge >= 0.3 is 6.09 Å². The van der Waals surface area contributed by atoms with Crippen molar-refractivity contribution in [2.24, 2.45) is 5.92 Å². The van der Waals surface area contributed by atoms with Crippen molar-refractivity contribution in [3.8, 4) is 0 Å². The molecule has 1 amide bonds. The van der Waals surface area contributed by atoms with Crippen molar-refractivity contribution in [2.75, 3.05) is 0 Å². The van der Waals surface area contributed by atoms with Crippen molar-refractivity contribution in [3.63, 3.8) is 0 Å². The van der Waals surface area contributed by atoms with Crippen LogP contribution in [0.25, 0.3) is 0 Å². The van der Waals surface area contributed by atoms with Gasteiger partial charge in [0.2, 0.25) is 0 Å². The van der Waals surface area contributed by atoms with E-state index in [9.17, 15) is 9.90 Å². The molecule has 0 saturated heterocycles. The second kappa shape index (κ2) is 9.03. The summed E-state index contributed by atoms with van der Waals surface area (Å²) in [5.41, 5.74) is 1.77. The van der Waals surface area contributed by atoms with Crippen LogP contribution in [0.2, 0.25) is 0 Å². The van der Waals surface area contributed by atoms with Gasteiger partial charge in [-0.15, -0.1) is 0 Å². The lowest BCUT2D eigenvalue weighted by Gasteiger charge is -2.27. The molecule has 5 heteroatoms. The number of aliphatic hydroxyl groups is 1. The molecule has 4 nitrogen and oxygen atoms in total. The molecule has 128 valence electrons. The zero-order valence-corrected chi connectivity index (χ0v) is 15.9. The first-order valence-electron chi connectivity index (χ1n) is 7.90. The van der Waals surface area contributed by atoms with Crippen LogP contribution < -0.4 is 5.32 Å². The Bertz CT molecular complexity index is 661. The van der Waals surface area contributed by atoms with Gasteiger partial charge in [-0.2, -0.15) is 0 Å². The fraction of sp³-hybridized carbons (Fsp3) is 0.316. The number of amides is 1. The summed E-state index contributed by atoms with van der Waals surface area (Å²) in [6, 6.07) is 17.2. The molecule has 0 aromatic heterocycles. The number of hydrogen-bond donors (Lipinski definition) is 2. The van der Waals surface area contributed by atoms with Crippen molar-refractivity contribution in [1.29, 1.82) is 0 Å². The number of carbonyl (C=O) groups excluding carboxylic acids is 1. The molecule has 0 saturated carbocycles. The Balaban J connectivity index is 2.00. The second-order valence-corrected chi connectivity index (χ2v) is 7.08. The van der Waals surface area contributed by atoms with E-state index in [4.69, 9.17) is 4.74 Å². The van der Waals surface area contributed by atoms with Gasteiger partial charge in [0.15, 0.2) is 0 Å². The van der Waals surface area contributed by atoms with Crippen LogP contribution in [0.4, 0.5) is 4.79 Å². The Kier molecular flexibility index (Phi) is 7.05. The highest BCUT2D eigenvalue weighted by Crippen LogP contribution is 2.28. The fourth-order valence-corrected chi connectivity index (χ4v) is 3.10. The van der Waals surface area contributed by atoms with Crippen LogP contribution in [-0.4, -0.2) is 17.3 Å². The summed E-state index contributed by atoms with van der Waals surface area (Å²) in [6.07, 6.45) is -2.00. The van der Waals surface area contributed by atoms with E-state index in [1.165, 1.54) is 0 Å². The first-order chi connectivity index (χ1) is 11.5. The van der Waals surface area contributed by atoms with Gasteiger partial charge in [0, 0.05) is 10.1 Å². The van der Waals surface area contributed by atoms with Crippen LogP contribution in [0.3, 0.4) is 0 Å². The zero-order valence-electron chi connectivity index (χ0n) is 13.8. The summed E-state index contributed by atoms with van der Waals surface area (Å²) in [4.78, 5) is 12.1. The zero-order chi connectivity index (χ0) is 17.5. The number of rotatable bonds is 6. The lowest BCUT2D eigenvalue weighted by molar-refractivity contribution is -0.0233. The minimum Gasteiger partial charge on any atom is -0.443 e. The van der Waals surface area contributed by atoms with Gasteiger partial charge in [-0.1, -0.05) is 62.4 Å². The van der Waals surface area contributed by atoms with Crippen LogP contribution in [0, 0.1) is 9.49 Å². The summed E-state index contributed by atoms with van der Waals surface area (Å²) in [7, 11) is 0. The average Bonchev–Trinajstić information content (AvgIpc) is 2.58. The van der Waals surface area contributed by atoms with Crippen LogP contribution in [0.5, 0.6) is 0 Å². The minimum absolute atomic E-state index is 0.0153. The molecule has 2 aromatic rings. The Morgan fingerprint density at radius 3 is 2.38 bits per heavy atom. The van der Waals surface area contributed by atoms with E-state index >= 15 is 0 Å².